The molecule has 0 radical (unpaired) electrons. The highest BCUT2D eigenvalue weighted by Gasteiger charge is 2.00. The molecule has 7 nitrogen and oxygen atoms in total. The first-order chi connectivity index (χ1) is 7.12. The van der Waals surface area contributed by atoms with E-state index in [-0.39, 0.29) is 18.4 Å². The molecule has 7 N–H and O–H groups in total. The lowest BCUT2D eigenvalue weighted by Gasteiger charge is -1.99. The van der Waals surface area contributed by atoms with Crippen LogP contribution in [0.1, 0.15) is 32.6 Å². The number of hydrogen-bond acceptors (Lipinski definition) is 5. The molecule has 15 heavy (non-hydrogen) atoms. The van der Waals surface area contributed by atoms with Crippen molar-refractivity contribution in [2.24, 2.45) is 11.7 Å². The Kier molecular flexibility index (Phi) is 13.9. The number of nitrogens with one attached hydrogen (secondary N) is 2. The zero-order valence-corrected chi connectivity index (χ0v) is 8.95. The minimum atomic E-state index is -0.219. The van der Waals surface area contributed by atoms with Crippen molar-refractivity contribution in [1.29, 1.82) is 0 Å². The van der Waals surface area contributed by atoms with Gasteiger partial charge in [-0.3, -0.25) is 20.4 Å². The van der Waals surface area contributed by atoms with Crippen LogP contribution in [0, 0.1) is 0 Å². The molecule has 0 aliphatic carbocycles. The van der Waals surface area contributed by atoms with Gasteiger partial charge in [-0.2, -0.15) is 0 Å². The normalized spacial score (nSPS) is 8.53. The molecule has 0 heterocycles. The first kappa shape index (κ1) is 16.3. The molecule has 7 heteroatoms. The van der Waals surface area contributed by atoms with Crippen molar-refractivity contribution in [3.8, 4) is 0 Å². The van der Waals surface area contributed by atoms with E-state index in [1.54, 1.807) is 6.92 Å². The van der Waals surface area contributed by atoms with E-state index in [0.29, 0.717) is 25.7 Å². The molecule has 0 aromatic heterocycles. The SMILES string of the molecule is CCO.NNC(=O)CCCCC(=O)NN. The molecule has 0 rings (SSSR count). The molecule has 2 amide bonds. The maximum Gasteiger partial charge on any atom is 0.233 e. The van der Waals surface area contributed by atoms with Gasteiger partial charge in [-0.1, -0.05) is 0 Å². The van der Waals surface area contributed by atoms with Crippen molar-refractivity contribution < 1.29 is 14.7 Å². The second kappa shape index (κ2) is 12.8. The fourth-order valence-electron chi connectivity index (χ4n) is 0.715. The lowest BCUT2D eigenvalue weighted by atomic mass is 10.2. The number of nitrogens with two attached hydrogens (primary N) is 2. The fraction of sp³-hybridized carbons (Fsp3) is 0.750. The Labute approximate surface area is 89.1 Å². The first-order valence-electron chi connectivity index (χ1n) is 4.72. The van der Waals surface area contributed by atoms with E-state index in [9.17, 15) is 9.59 Å². The number of hydrogen-bond donors (Lipinski definition) is 5. The molecule has 0 saturated carbocycles. The number of aliphatic hydroxyl groups excluding tert-OH is 1. The molecule has 0 aromatic rings. The van der Waals surface area contributed by atoms with Gasteiger partial charge in [0.2, 0.25) is 11.8 Å². The van der Waals surface area contributed by atoms with Crippen LogP contribution < -0.4 is 22.5 Å². The number of unbranched alkanes of at least 4 members (excludes halogenated alkanes) is 1. The standard InChI is InChI=1S/C6H14N4O2.C2H6O/c7-9-5(11)3-1-2-4-6(12)10-8;1-2-3/h1-4,7-8H2,(H,9,11)(H,10,12);3H,2H2,1H3. The molecular formula is C8H20N4O3. The van der Waals surface area contributed by atoms with Crippen LogP contribution in [-0.2, 0) is 9.59 Å². The molecule has 0 atom stereocenters. The zero-order chi connectivity index (χ0) is 12.1. The van der Waals surface area contributed by atoms with Crippen LogP contribution in [0.3, 0.4) is 0 Å². The summed E-state index contributed by atoms with van der Waals surface area (Å²) in [5, 5.41) is 7.57. The van der Waals surface area contributed by atoms with Gasteiger partial charge in [-0.25, -0.2) is 11.7 Å². The van der Waals surface area contributed by atoms with E-state index in [4.69, 9.17) is 16.8 Å². The van der Waals surface area contributed by atoms with Gasteiger partial charge in [-0.05, 0) is 19.8 Å². The minimum absolute atomic E-state index is 0.219. The van der Waals surface area contributed by atoms with E-state index in [2.05, 4.69) is 0 Å². The summed E-state index contributed by atoms with van der Waals surface area (Å²) in [4.78, 5) is 21.1. The predicted octanol–water partition coefficient (Wildman–Crippen LogP) is -1.47. The van der Waals surface area contributed by atoms with Crippen molar-refractivity contribution in [2.75, 3.05) is 6.61 Å². The van der Waals surface area contributed by atoms with Gasteiger partial charge < -0.3 is 5.11 Å². The van der Waals surface area contributed by atoms with E-state index in [1.165, 1.54) is 0 Å². The van der Waals surface area contributed by atoms with Gasteiger partial charge in [-0.15, -0.1) is 0 Å². The smallest absolute Gasteiger partial charge is 0.233 e. The number of amides is 2. The number of carbonyl (C=O) groups is 2. The van der Waals surface area contributed by atoms with Gasteiger partial charge in [0.15, 0.2) is 0 Å². The molecule has 0 fully saturated rings. The summed E-state index contributed by atoms with van der Waals surface area (Å²) >= 11 is 0. The van der Waals surface area contributed by atoms with Crippen LogP contribution in [0.5, 0.6) is 0 Å². The summed E-state index contributed by atoms with van der Waals surface area (Å²) in [5.74, 6) is 9.24. The predicted molar refractivity (Wildman–Crippen MR) is 55.9 cm³/mol. The highest BCUT2D eigenvalue weighted by atomic mass is 16.2. The average Bonchev–Trinajstić information content (AvgIpc) is 2.24. The maximum absolute atomic E-state index is 10.6. The molecule has 90 valence electrons. The van der Waals surface area contributed by atoms with Crippen molar-refractivity contribution >= 4 is 11.8 Å². The van der Waals surface area contributed by atoms with Crippen LogP contribution in [0.4, 0.5) is 0 Å². The average molecular weight is 220 g/mol. The van der Waals surface area contributed by atoms with E-state index in [0.717, 1.165) is 0 Å². The highest BCUT2D eigenvalue weighted by Crippen LogP contribution is 1.98. The van der Waals surface area contributed by atoms with Crippen LogP contribution in [0.25, 0.3) is 0 Å². The third-order valence-corrected chi connectivity index (χ3v) is 1.38. The quantitative estimate of drug-likeness (QED) is 0.167. The van der Waals surface area contributed by atoms with Crippen LogP contribution >= 0.6 is 0 Å². The summed E-state index contributed by atoms with van der Waals surface area (Å²) in [6.45, 7) is 1.93. The lowest BCUT2D eigenvalue weighted by molar-refractivity contribution is -0.123. The molecule has 0 aliphatic rings. The summed E-state index contributed by atoms with van der Waals surface area (Å²) in [6.07, 6.45) is 1.95. The van der Waals surface area contributed by atoms with Crippen molar-refractivity contribution in [2.45, 2.75) is 32.6 Å². The highest BCUT2D eigenvalue weighted by molar-refractivity contribution is 5.76. The summed E-state index contributed by atoms with van der Waals surface area (Å²) in [6, 6.07) is 0. The number of aliphatic hydroxyl groups is 1. The van der Waals surface area contributed by atoms with E-state index in [1.807, 2.05) is 10.9 Å². The second-order valence-corrected chi connectivity index (χ2v) is 2.66. The summed E-state index contributed by atoms with van der Waals surface area (Å²) < 4.78 is 0. The Balaban J connectivity index is 0. The van der Waals surface area contributed by atoms with Gasteiger partial charge in [0, 0.05) is 19.4 Å². The summed E-state index contributed by atoms with van der Waals surface area (Å²) in [7, 11) is 0. The van der Waals surface area contributed by atoms with Gasteiger partial charge in [0.05, 0.1) is 0 Å². The molecule has 0 aliphatic heterocycles. The molecule has 0 bridgehead atoms. The van der Waals surface area contributed by atoms with Crippen LogP contribution in [-0.4, -0.2) is 23.5 Å². The Morgan fingerprint density at radius 2 is 1.33 bits per heavy atom. The Bertz CT molecular complexity index is 157. The van der Waals surface area contributed by atoms with E-state index < -0.39 is 0 Å². The summed E-state index contributed by atoms with van der Waals surface area (Å²) in [5.41, 5.74) is 4.01. The number of hydrazine groups is 2. The lowest BCUT2D eigenvalue weighted by Crippen LogP contribution is -2.30. The van der Waals surface area contributed by atoms with Crippen LogP contribution in [0.2, 0.25) is 0 Å². The van der Waals surface area contributed by atoms with E-state index >= 15 is 0 Å². The first-order valence-corrected chi connectivity index (χ1v) is 4.72. The van der Waals surface area contributed by atoms with Gasteiger partial charge >= 0.3 is 0 Å². The zero-order valence-electron chi connectivity index (χ0n) is 8.95. The molecule has 0 saturated heterocycles. The van der Waals surface area contributed by atoms with Crippen LogP contribution in [0.15, 0.2) is 0 Å². The Hall–Kier alpha value is -1.18. The molecular weight excluding hydrogens is 200 g/mol. The second-order valence-electron chi connectivity index (χ2n) is 2.66. The van der Waals surface area contributed by atoms with Gasteiger partial charge in [0.1, 0.15) is 0 Å². The third-order valence-electron chi connectivity index (χ3n) is 1.38. The Morgan fingerprint density at radius 3 is 1.53 bits per heavy atom. The van der Waals surface area contributed by atoms with Crippen molar-refractivity contribution in [1.82, 2.24) is 10.9 Å². The molecule has 0 spiro atoms. The van der Waals surface area contributed by atoms with Gasteiger partial charge in [0.25, 0.3) is 0 Å². The monoisotopic (exact) mass is 220 g/mol. The largest absolute Gasteiger partial charge is 0.397 e. The Morgan fingerprint density at radius 1 is 1.07 bits per heavy atom. The topological polar surface area (TPSA) is 130 Å². The number of carbonyl (C=O) groups excluding carboxylic acids is 2. The number of rotatable bonds is 5. The molecule has 0 unspecified atom stereocenters. The molecule has 0 aromatic carbocycles. The minimum Gasteiger partial charge on any atom is -0.397 e. The third kappa shape index (κ3) is 15.6. The van der Waals surface area contributed by atoms with Crippen molar-refractivity contribution in [3.05, 3.63) is 0 Å². The van der Waals surface area contributed by atoms with Crippen molar-refractivity contribution in [3.63, 3.8) is 0 Å². The fourth-order valence-corrected chi connectivity index (χ4v) is 0.715. The maximum atomic E-state index is 10.6.